The minimum atomic E-state index is -0.408. The molecule has 2 rings (SSSR count). The molecule has 0 heterocycles. The van der Waals surface area contributed by atoms with Crippen molar-refractivity contribution in [3.63, 3.8) is 0 Å². The van der Waals surface area contributed by atoms with Gasteiger partial charge in [0.15, 0.2) is 0 Å². The average Bonchev–Trinajstić information content (AvgIpc) is 2.39. The zero-order chi connectivity index (χ0) is 13.0. The highest BCUT2D eigenvalue weighted by molar-refractivity contribution is 6.06. The number of nitrogens with one attached hydrogen (secondary N) is 1. The lowest BCUT2D eigenvalue weighted by Crippen LogP contribution is -2.13. The van der Waals surface area contributed by atoms with Gasteiger partial charge < -0.3 is 15.5 Å². The number of para-hydroxylation sites is 2. The normalized spacial score (nSPS) is 10.1. The zero-order valence-electron chi connectivity index (χ0n) is 9.63. The molecule has 0 bridgehead atoms. The molecule has 0 aliphatic heterocycles. The first-order valence-corrected chi connectivity index (χ1v) is 5.50. The molecular weight excluding hydrogens is 230 g/mol. The van der Waals surface area contributed by atoms with E-state index in [0.717, 1.165) is 0 Å². The lowest BCUT2D eigenvalue weighted by Gasteiger charge is -2.09. The van der Waals surface area contributed by atoms with Crippen LogP contribution in [0.4, 0.5) is 5.69 Å². The number of rotatable bonds is 3. The van der Waals surface area contributed by atoms with E-state index in [9.17, 15) is 9.90 Å². The maximum absolute atomic E-state index is 12.0. The van der Waals surface area contributed by atoms with Crippen molar-refractivity contribution in [3.05, 3.63) is 59.7 Å². The number of phenolic OH excluding ortho intramolecular Hbond substituents is 1. The Kier molecular flexibility index (Phi) is 3.60. The van der Waals surface area contributed by atoms with Crippen molar-refractivity contribution in [3.8, 4) is 5.75 Å². The number of carbonyl (C=O) groups is 1. The fraction of sp³-hybridized carbons (Fsp3) is 0.0714. The Morgan fingerprint density at radius 3 is 2.44 bits per heavy atom. The van der Waals surface area contributed by atoms with Crippen LogP contribution >= 0.6 is 0 Å². The van der Waals surface area contributed by atoms with Gasteiger partial charge in [-0.25, -0.2) is 0 Å². The van der Waals surface area contributed by atoms with E-state index in [2.05, 4.69) is 5.32 Å². The average molecular weight is 243 g/mol. The largest absolute Gasteiger partial charge is 0.507 e. The highest BCUT2D eigenvalue weighted by Gasteiger charge is 2.11. The summed E-state index contributed by atoms with van der Waals surface area (Å²) < 4.78 is 0. The van der Waals surface area contributed by atoms with Crippen molar-refractivity contribution >= 4 is 11.6 Å². The maximum atomic E-state index is 12.0. The van der Waals surface area contributed by atoms with Crippen LogP contribution in [0.2, 0.25) is 0 Å². The number of hydrogen-bond donors (Lipinski definition) is 3. The molecule has 3 N–H and O–H groups in total. The van der Waals surface area contributed by atoms with Gasteiger partial charge in [-0.3, -0.25) is 4.79 Å². The molecule has 0 fully saturated rings. The van der Waals surface area contributed by atoms with Gasteiger partial charge in [-0.15, -0.1) is 0 Å². The molecule has 0 aliphatic carbocycles. The third-order valence-electron chi connectivity index (χ3n) is 2.58. The third-order valence-corrected chi connectivity index (χ3v) is 2.58. The molecule has 2 aromatic rings. The van der Waals surface area contributed by atoms with E-state index in [0.29, 0.717) is 11.3 Å². The fourth-order valence-electron chi connectivity index (χ4n) is 1.64. The molecule has 4 heteroatoms. The Morgan fingerprint density at radius 1 is 1.06 bits per heavy atom. The molecule has 4 nitrogen and oxygen atoms in total. The molecule has 0 unspecified atom stereocenters. The number of phenols is 1. The van der Waals surface area contributed by atoms with Gasteiger partial charge in [0.25, 0.3) is 5.91 Å². The number of anilines is 1. The van der Waals surface area contributed by atoms with Gasteiger partial charge in [0.2, 0.25) is 0 Å². The van der Waals surface area contributed by atoms with Crippen molar-refractivity contribution in [1.29, 1.82) is 0 Å². The number of hydrogen-bond acceptors (Lipinski definition) is 3. The van der Waals surface area contributed by atoms with Gasteiger partial charge in [-0.1, -0.05) is 30.3 Å². The minimum Gasteiger partial charge on any atom is -0.507 e. The van der Waals surface area contributed by atoms with E-state index in [1.165, 1.54) is 12.1 Å². The predicted octanol–water partition coefficient (Wildman–Crippen LogP) is 2.14. The molecule has 0 aliphatic rings. The van der Waals surface area contributed by atoms with Crippen LogP contribution in [0.5, 0.6) is 5.75 Å². The second kappa shape index (κ2) is 5.33. The molecule has 2 aromatic carbocycles. The van der Waals surface area contributed by atoms with Gasteiger partial charge in [0.05, 0.1) is 12.2 Å². The van der Waals surface area contributed by atoms with Crippen LogP contribution in [0, 0.1) is 0 Å². The van der Waals surface area contributed by atoms with Crippen LogP contribution in [0.1, 0.15) is 15.9 Å². The first kappa shape index (κ1) is 12.1. The number of benzene rings is 2. The van der Waals surface area contributed by atoms with Crippen LogP contribution in [0.25, 0.3) is 0 Å². The Labute approximate surface area is 105 Å². The van der Waals surface area contributed by atoms with E-state index >= 15 is 0 Å². The van der Waals surface area contributed by atoms with Gasteiger partial charge in [0.1, 0.15) is 5.75 Å². The summed E-state index contributed by atoms with van der Waals surface area (Å²) in [5, 5.41) is 21.4. The summed E-state index contributed by atoms with van der Waals surface area (Å²) in [4.78, 5) is 12.0. The SMILES string of the molecule is O=C(Nc1ccccc1CO)c1ccccc1O. The summed E-state index contributed by atoms with van der Waals surface area (Å²) >= 11 is 0. The fourth-order valence-corrected chi connectivity index (χ4v) is 1.64. The Bertz CT molecular complexity index is 566. The van der Waals surface area contributed by atoms with Crippen LogP contribution in [0.3, 0.4) is 0 Å². The number of carbonyl (C=O) groups excluding carboxylic acids is 1. The van der Waals surface area contributed by atoms with E-state index in [1.807, 2.05) is 0 Å². The standard InChI is InChI=1S/C14H13NO3/c16-9-10-5-1-3-7-12(10)15-14(18)11-6-2-4-8-13(11)17/h1-8,16-17H,9H2,(H,15,18). The highest BCUT2D eigenvalue weighted by Crippen LogP contribution is 2.20. The quantitative estimate of drug-likeness (QED) is 0.773. The highest BCUT2D eigenvalue weighted by atomic mass is 16.3. The molecule has 1 amide bonds. The maximum Gasteiger partial charge on any atom is 0.259 e. The summed E-state index contributed by atoms with van der Waals surface area (Å²) in [6.45, 7) is -0.156. The zero-order valence-corrected chi connectivity index (χ0v) is 9.63. The van der Waals surface area contributed by atoms with E-state index in [-0.39, 0.29) is 17.9 Å². The van der Waals surface area contributed by atoms with Crippen molar-refractivity contribution < 1.29 is 15.0 Å². The molecule has 92 valence electrons. The third kappa shape index (κ3) is 2.49. The Balaban J connectivity index is 2.24. The van der Waals surface area contributed by atoms with E-state index in [1.54, 1.807) is 36.4 Å². The summed E-state index contributed by atoms with van der Waals surface area (Å²) in [5.74, 6) is -0.481. The summed E-state index contributed by atoms with van der Waals surface area (Å²) in [7, 11) is 0. The molecule has 0 spiro atoms. The molecule has 0 radical (unpaired) electrons. The topological polar surface area (TPSA) is 69.6 Å². The van der Waals surface area contributed by atoms with Gasteiger partial charge >= 0.3 is 0 Å². The van der Waals surface area contributed by atoms with Crippen LogP contribution in [-0.2, 0) is 6.61 Å². The van der Waals surface area contributed by atoms with Crippen molar-refractivity contribution in [2.45, 2.75) is 6.61 Å². The van der Waals surface area contributed by atoms with Crippen molar-refractivity contribution in [2.24, 2.45) is 0 Å². The van der Waals surface area contributed by atoms with Gasteiger partial charge in [0, 0.05) is 11.3 Å². The number of aliphatic hydroxyl groups is 1. The van der Waals surface area contributed by atoms with E-state index < -0.39 is 5.91 Å². The second-order valence-corrected chi connectivity index (χ2v) is 3.79. The molecule has 0 saturated heterocycles. The summed E-state index contributed by atoms with van der Waals surface area (Å²) in [6, 6.07) is 13.3. The molecule has 0 aromatic heterocycles. The lowest BCUT2D eigenvalue weighted by molar-refractivity contribution is 0.102. The number of aromatic hydroxyl groups is 1. The van der Waals surface area contributed by atoms with Crippen molar-refractivity contribution in [1.82, 2.24) is 0 Å². The van der Waals surface area contributed by atoms with Crippen LogP contribution in [-0.4, -0.2) is 16.1 Å². The lowest BCUT2D eigenvalue weighted by atomic mass is 10.1. The number of aliphatic hydroxyl groups excluding tert-OH is 1. The molecule has 0 atom stereocenters. The first-order chi connectivity index (χ1) is 8.72. The van der Waals surface area contributed by atoms with Crippen LogP contribution < -0.4 is 5.32 Å². The Morgan fingerprint density at radius 2 is 1.72 bits per heavy atom. The van der Waals surface area contributed by atoms with Crippen molar-refractivity contribution in [2.75, 3.05) is 5.32 Å². The smallest absolute Gasteiger partial charge is 0.259 e. The Hall–Kier alpha value is -2.33. The van der Waals surface area contributed by atoms with E-state index in [4.69, 9.17) is 5.11 Å². The minimum absolute atomic E-state index is 0.0727. The molecular formula is C14H13NO3. The van der Waals surface area contributed by atoms with Crippen LogP contribution in [0.15, 0.2) is 48.5 Å². The second-order valence-electron chi connectivity index (χ2n) is 3.79. The molecule has 18 heavy (non-hydrogen) atoms. The van der Waals surface area contributed by atoms with Gasteiger partial charge in [-0.2, -0.15) is 0 Å². The monoisotopic (exact) mass is 243 g/mol. The summed E-state index contributed by atoms with van der Waals surface area (Å²) in [6.07, 6.45) is 0. The summed E-state index contributed by atoms with van der Waals surface area (Å²) in [5.41, 5.74) is 1.36. The first-order valence-electron chi connectivity index (χ1n) is 5.50. The van der Waals surface area contributed by atoms with Gasteiger partial charge in [-0.05, 0) is 18.2 Å². The molecule has 0 saturated carbocycles. The number of amides is 1. The predicted molar refractivity (Wildman–Crippen MR) is 68.4 cm³/mol.